The van der Waals surface area contributed by atoms with E-state index in [1.165, 1.54) is 16.8 Å². The summed E-state index contributed by atoms with van der Waals surface area (Å²) in [6, 6.07) is 11.3. The third kappa shape index (κ3) is 2.93. The highest BCUT2D eigenvalue weighted by Crippen LogP contribution is 2.24. The zero-order valence-corrected chi connectivity index (χ0v) is 13.1. The molecule has 1 N–H and O–H groups in total. The van der Waals surface area contributed by atoms with Crippen LogP contribution >= 0.6 is 0 Å². The molecule has 1 atom stereocenters. The molecule has 108 valence electrons. The molecule has 0 aliphatic rings. The maximum absolute atomic E-state index is 4.55. The Hall–Kier alpha value is -1.61. The molecule has 0 fully saturated rings. The van der Waals surface area contributed by atoms with Crippen LogP contribution in [-0.4, -0.2) is 16.8 Å². The van der Waals surface area contributed by atoms with Gasteiger partial charge in [-0.2, -0.15) is 5.10 Å². The van der Waals surface area contributed by atoms with E-state index < -0.39 is 0 Å². The molecule has 3 nitrogen and oxygen atoms in total. The highest BCUT2D eigenvalue weighted by atomic mass is 15.3. The lowest BCUT2D eigenvalue weighted by Gasteiger charge is -2.18. The minimum absolute atomic E-state index is 0.192. The maximum Gasteiger partial charge on any atom is 0.0745 e. The fourth-order valence-electron chi connectivity index (χ4n) is 2.61. The first-order chi connectivity index (χ1) is 9.56. The van der Waals surface area contributed by atoms with Crippen molar-refractivity contribution in [3.8, 4) is 0 Å². The summed E-state index contributed by atoms with van der Waals surface area (Å²) in [5.41, 5.74) is 4.96. The monoisotopic (exact) mass is 271 g/mol. The second kappa shape index (κ2) is 6.23. The molecule has 0 spiro atoms. The summed E-state index contributed by atoms with van der Waals surface area (Å²) in [5, 5.41) is 7.96. The Morgan fingerprint density at radius 3 is 2.25 bits per heavy atom. The van der Waals surface area contributed by atoms with Crippen LogP contribution in [0.5, 0.6) is 0 Å². The Kier molecular flexibility index (Phi) is 4.61. The van der Waals surface area contributed by atoms with E-state index in [0.717, 1.165) is 12.2 Å². The van der Waals surface area contributed by atoms with Gasteiger partial charge >= 0.3 is 0 Å². The molecular weight excluding hydrogens is 246 g/mol. The van der Waals surface area contributed by atoms with Gasteiger partial charge in [-0.05, 0) is 44.0 Å². The van der Waals surface area contributed by atoms with E-state index >= 15 is 0 Å². The van der Waals surface area contributed by atoms with Gasteiger partial charge in [0.05, 0.1) is 17.4 Å². The van der Waals surface area contributed by atoms with Crippen LogP contribution in [0.25, 0.3) is 0 Å². The van der Waals surface area contributed by atoms with Crippen molar-refractivity contribution in [3.05, 3.63) is 52.8 Å². The van der Waals surface area contributed by atoms with Gasteiger partial charge in [0.2, 0.25) is 0 Å². The number of benzene rings is 1. The second-order valence-electron chi connectivity index (χ2n) is 5.57. The molecule has 0 aliphatic heterocycles. The molecule has 0 aliphatic carbocycles. The topological polar surface area (TPSA) is 29.9 Å². The van der Waals surface area contributed by atoms with Gasteiger partial charge in [0, 0.05) is 6.54 Å². The average Bonchev–Trinajstić information content (AvgIpc) is 2.81. The molecule has 0 saturated heterocycles. The van der Waals surface area contributed by atoms with Crippen molar-refractivity contribution in [2.24, 2.45) is 0 Å². The lowest BCUT2D eigenvalue weighted by Crippen LogP contribution is -2.21. The Morgan fingerprint density at radius 2 is 1.75 bits per heavy atom. The summed E-state index contributed by atoms with van der Waals surface area (Å²) in [4.78, 5) is 0. The van der Waals surface area contributed by atoms with E-state index in [1.807, 2.05) is 14.0 Å². The van der Waals surface area contributed by atoms with Crippen molar-refractivity contribution in [3.63, 3.8) is 0 Å². The zero-order valence-electron chi connectivity index (χ0n) is 13.1. The van der Waals surface area contributed by atoms with Gasteiger partial charge in [0.25, 0.3) is 0 Å². The molecule has 0 saturated carbocycles. The second-order valence-corrected chi connectivity index (χ2v) is 5.57. The number of rotatable bonds is 5. The van der Waals surface area contributed by atoms with Crippen molar-refractivity contribution >= 4 is 0 Å². The molecule has 0 amide bonds. The van der Waals surface area contributed by atoms with Crippen molar-refractivity contribution < 1.29 is 0 Å². The molecule has 2 rings (SSSR count). The summed E-state index contributed by atoms with van der Waals surface area (Å²) >= 11 is 0. The smallest absolute Gasteiger partial charge is 0.0745 e. The first kappa shape index (κ1) is 14.8. The average molecular weight is 271 g/mol. The molecule has 20 heavy (non-hydrogen) atoms. The largest absolute Gasteiger partial charge is 0.308 e. The third-order valence-electron chi connectivity index (χ3n) is 3.75. The number of nitrogens with one attached hydrogen (secondary N) is 1. The molecule has 1 unspecified atom stereocenters. The molecule has 3 heteroatoms. The van der Waals surface area contributed by atoms with E-state index in [-0.39, 0.29) is 6.04 Å². The molecule has 0 radical (unpaired) electrons. The van der Waals surface area contributed by atoms with Gasteiger partial charge in [-0.3, -0.25) is 4.68 Å². The minimum Gasteiger partial charge on any atom is -0.308 e. The number of hydrogen-bond donors (Lipinski definition) is 1. The predicted molar refractivity (Wildman–Crippen MR) is 84.1 cm³/mol. The lowest BCUT2D eigenvalue weighted by atomic mass is 9.97. The van der Waals surface area contributed by atoms with E-state index in [2.05, 4.69) is 66.2 Å². The van der Waals surface area contributed by atoms with Crippen molar-refractivity contribution in [2.45, 2.75) is 46.2 Å². The lowest BCUT2D eigenvalue weighted by molar-refractivity contribution is 0.561. The van der Waals surface area contributed by atoms with Gasteiger partial charge in [0.1, 0.15) is 0 Å². The standard InChI is InChI=1S/C17H25N3/c1-6-20-16(11-13(4)19-20)17(18-5)15-9-7-14(8-10-15)12(2)3/h7-12,17-18H,6H2,1-5H3. The first-order valence-corrected chi connectivity index (χ1v) is 7.38. The van der Waals surface area contributed by atoms with E-state index in [9.17, 15) is 0 Å². The highest BCUT2D eigenvalue weighted by molar-refractivity contribution is 5.32. The number of aromatic nitrogens is 2. The first-order valence-electron chi connectivity index (χ1n) is 7.38. The Bertz CT molecular complexity index is 552. The van der Waals surface area contributed by atoms with E-state index in [0.29, 0.717) is 5.92 Å². The summed E-state index contributed by atoms with van der Waals surface area (Å²) in [5.74, 6) is 0.570. The third-order valence-corrected chi connectivity index (χ3v) is 3.75. The van der Waals surface area contributed by atoms with E-state index in [4.69, 9.17) is 0 Å². The van der Waals surface area contributed by atoms with E-state index in [1.54, 1.807) is 0 Å². The van der Waals surface area contributed by atoms with Crippen LogP contribution in [0.4, 0.5) is 0 Å². The van der Waals surface area contributed by atoms with Crippen molar-refractivity contribution in [1.82, 2.24) is 15.1 Å². The Labute approximate surface area is 122 Å². The SMILES string of the molecule is CCn1nc(C)cc1C(NC)c1ccc(C(C)C)cc1. The van der Waals surface area contributed by atoms with Gasteiger partial charge < -0.3 is 5.32 Å². The number of aryl methyl sites for hydroxylation is 2. The molecule has 1 heterocycles. The van der Waals surface area contributed by atoms with Crippen LogP contribution in [0, 0.1) is 6.92 Å². The quantitative estimate of drug-likeness (QED) is 0.899. The van der Waals surface area contributed by atoms with Crippen LogP contribution in [0.3, 0.4) is 0 Å². The normalized spacial score (nSPS) is 12.9. The number of nitrogens with zero attached hydrogens (tertiary/aromatic N) is 2. The minimum atomic E-state index is 0.192. The van der Waals surface area contributed by atoms with Gasteiger partial charge in [0.15, 0.2) is 0 Å². The predicted octanol–water partition coefficient (Wildman–Crippen LogP) is 3.64. The molecule has 2 aromatic rings. The summed E-state index contributed by atoms with van der Waals surface area (Å²) in [7, 11) is 2.00. The highest BCUT2D eigenvalue weighted by Gasteiger charge is 2.17. The molecule has 0 bridgehead atoms. The van der Waals surface area contributed by atoms with Crippen molar-refractivity contribution in [1.29, 1.82) is 0 Å². The molecular formula is C17H25N3. The van der Waals surface area contributed by atoms with Gasteiger partial charge in [-0.15, -0.1) is 0 Å². The van der Waals surface area contributed by atoms with Crippen LogP contribution in [0.2, 0.25) is 0 Å². The summed E-state index contributed by atoms with van der Waals surface area (Å²) in [6.07, 6.45) is 0. The zero-order chi connectivity index (χ0) is 14.7. The van der Waals surface area contributed by atoms with Crippen molar-refractivity contribution in [2.75, 3.05) is 7.05 Å². The Balaban J connectivity index is 2.36. The maximum atomic E-state index is 4.55. The number of hydrogen-bond acceptors (Lipinski definition) is 2. The van der Waals surface area contributed by atoms with Crippen LogP contribution < -0.4 is 5.32 Å². The van der Waals surface area contributed by atoms with Gasteiger partial charge in [-0.25, -0.2) is 0 Å². The summed E-state index contributed by atoms with van der Waals surface area (Å²) < 4.78 is 2.08. The summed E-state index contributed by atoms with van der Waals surface area (Å²) in [6.45, 7) is 9.51. The van der Waals surface area contributed by atoms with Crippen LogP contribution in [-0.2, 0) is 6.54 Å². The fraction of sp³-hybridized carbons (Fsp3) is 0.471. The van der Waals surface area contributed by atoms with Gasteiger partial charge in [-0.1, -0.05) is 38.1 Å². The molecule has 1 aromatic heterocycles. The molecule has 1 aromatic carbocycles. The fourth-order valence-corrected chi connectivity index (χ4v) is 2.61. The Morgan fingerprint density at radius 1 is 1.15 bits per heavy atom. The van der Waals surface area contributed by atoms with Crippen LogP contribution in [0.1, 0.15) is 55.2 Å². The van der Waals surface area contributed by atoms with Crippen LogP contribution in [0.15, 0.2) is 30.3 Å².